The van der Waals surface area contributed by atoms with Crippen LogP contribution in [0, 0.1) is 13.8 Å². The molecule has 0 aromatic carbocycles. The summed E-state index contributed by atoms with van der Waals surface area (Å²) in [6, 6.07) is 1.95. The number of rotatable bonds is 7. The lowest BCUT2D eigenvalue weighted by Gasteiger charge is -2.21. The fraction of sp³-hybridized carbons (Fsp3) is 0.643. The van der Waals surface area contributed by atoms with Crippen molar-refractivity contribution in [2.75, 3.05) is 26.0 Å². The predicted octanol–water partition coefficient (Wildman–Crippen LogP) is 1.80. The Kier molecular flexibility index (Phi) is 5.89. The van der Waals surface area contributed by atoms with Gasteiger partial charge >= 0.3 is 0 Å². The first kappa shape index (κ1) is 15.6. The fourth-order valence-electron chi connectivity index (χ4n) is 2.13. The van der Waals surface area contributed by atoms with Gasteiger partial charge in [0.25, 0.3) is 0 Å². The zero-order chi connectivity index (χ0) is 14.4. The molecule has 1 atom stereocenters. The molecular weight excluding hydrogens is 242 g/mol. The van der Waals surface area contributed by atoms with Crippen molar-refractivity contribution >= 4 is 11.7 Å². The average molecular weight is 266 g/mol. The summed E-state index contributed by atoms with van der Waals surface area (Å²) in [5, 5.41) is 3.21. The Balaban J connectivity index is 2.40. The number of carbonyl (C=O) groups excluding carboxylic acids is 1. The molecular formula is C14H24N4O. The van der Waals surface area contributed by atoms with Crippen molar-refractivity contribution in [2.24, 2.45) is 0 Å². The Bertz CT molecular complexity index is 411. The summed E-state index contributed by atoms with van der Waals surface area (Å²) >= 11 is 0. The van der Waals surface area contributed by atoms with Crippen LogP contribution in [0.2, 0.25) is 0 Å². The van der Waals surface area contributed by atoms with Crippen molar-refractivity contribution in [1.82, 2.24) is 14.9 Å². The molecule has 0 bridgehead atoms. The minimum atomic E-state index is 0.00182. The Labute approximate surface area is 115 Å². The van der Waals surface area contributed by atoms with E-state index >= 15 is 0 Å². The zero-order valence-corrected chi connectivity index (χ0v) is 12.5. The van der Waals surface area contributed by atoms with Gasteiger partial charge in [-0.25, -0.2) is 9.97 Å². The van der Waals surface area contributed by atoms with Gasteiger partial charge in [-0.3, -0.25) is 9.69 Å². The van der Waals surface area contributed by atoms with Gasteiger partial charge in [-0.05, 0) is 53.8 Å². The molecule has 1 aromatic rings. The maximum atomic E-state index is 11.5. The molecule has 5 heteroatoms. The number of hydrogen-bond acceptors (Lipinski definition) is 5. The van der Waals surface area contributed by atoms with Crippen molar-refractivity contribution < 1.29 is 4.79 Å². The highest BCUT2D eigenvalue weighted by Crippen LogP contribution is 2.07. The maximum Gasteiger partial charge on any atom is 0.223 e. The van der Waals surface area contributed by atoms with E-state index in [2.05, 4.69) is 15.3 Å². The number of likely N-dealkylation sites (N-methyl/N-ethyl adjacent to an activating group) is 1. The molecule has 1 rings (SSSR count). The van der Waals surface area contributed by atoms with Crippen LogP contribution < -0.4 is 5.32 Å². The Morgan fingerprint density at radius 3 is 2.37 bits per heavy atom. The quantitative estimate of drug-likeness (QED) is 0.602. The smallest absolute Gasteiger partial charge is 0.223 e. The average Bonchev–Trinajstić information content (AvgIpc) is 2.26. The molecule has 0 aliphatic heterocycles. The van der Waals surface area contributed by atoms with E-state index in [1.807, 2.05) is 38.9 Å². The lowest BCUT2D eigenvalue weighted by atomic mass is 10.1. The number of Topliss-reactive ketones (excluding diaryl/α,β-unsaturated/α-hetero) is 1. The van der Waals surface area contributed by atoms with Crippen LogP contribution in [0.3, 0.4) is 0 Å². The van der Waals surface area contributed by atoms with E-state index in [1.54, 1.807) is 6.92 Å². The normalized spacial score (nSPS) is 12.5. The van der Waals surface area contributed by atoms with Crippen LogP contribution >= 0.6 is 0 Å². The molecule has 0 amide bonds. The van der Waals surface area contributed by atoms with Gasteiger partial charge in [-0.15, -0.1) is 0 Å². The number of ketones is 1. The highest BCUT2D eigenvalue weighted by Gasteiger charge is 2.15. The number of aryl methyl sites for hydroxylation is 2. The number of nitrogens with one attached hydrogen (secondary N) is 1. The van der Waals surface area contributed by atoms with Crippen molar-refractivity contribution in [3.63, 3.8) is 0 Å². The number of carbonyl (C=O) groups is 1. The zero-order valence-electron chi connectivity index (χ0n) is 12.5. The second-order valence-corrected chi connectivity index (χ2v) is 5.13. The summed E-state index contributed by atoms with van der Waals surface area (Å²) in [4.78, 5) is 22.1. The van der Waals surface area contributed by atoms with E-state index in [9.17, 15) is 4.79 Å². The molecule has 106 valence electrons. The van der Waals surface area contributed by atoms with E-state index in [1.165, 1.54) is 0 Å². The summed E-state index contributed by atoms with van der Waals surface area (Å²) in [6.45, 7) is 6.33. The van der Waals surface area contributed by atoms with Gasteiger partial charge in [-0.1, -0.05) is 0 Å². The summed E-state index contributed by atoms with van der Waals surface area (Å²) in [5.74, 6) is 0.884. The third-order valence-corrected chi connectivity index (χ3v) is 3.01. The van der Waals surface area contributed by atoms with Crippen LogP contribution in [0.1, 0.15) is 31.2 Å². The van der Waals surface area contributed by atoms with E-state index in [0.717, 1.165) is 30.8 Å². The third-order valence-electron chi connectivity index (χ3n) is 3.01. The van der Waals surface area contributed by atoms with Crippen LogP contribution in [0.25, 0.3) is 0 Å². The molecule has 0 fully saturated rings. The lowest BCUT2D eigenvalue weighted by Crippen LogP contribution is -2.34. The van der Waals surface area contributed by atoms with Crippen molar-refractivity contribution in [2.45, 2.75) is 39.7 Å². The molecule has 0 radical (unpaired) electrons. The molecule has 19 heavy (non-hydrogen) atoms. The van der Waals surface area contributed by atoms with Crippen molar-refractivity contribution in [1.29, 1.82) is 0 Å². The largest absolute Gasteiger partial charge is 0.354 e. The maximum absolute atomic E-state index is 11.5. The molecule has 1 aromatic heterocycles. The molecule has 0 saturated heterocycles. The van der Waals surface area contributed by atoms with Crippen LogP contribution in [0.4, 0.5) is 5.95 Å². The predicted molar refractivity (Wildman–Crippen MR) is 77.4 cm³/mol. The molecule has 0 spiro atoms. The van der Waals surface area contributed by atoms with Crippen LogP contribution in [-0.4, -0.2) is 47.3 Å². The molecule has 0 aliphatic carbocycles. The van der Waals surface area contributed by atoms with Gasteiger partial charge < -0.3 is 5.32 Å². The first-order valence-electron chi connectivity index (χ1n) is 6.63. The van der Waals surface area contributed by atoms with E-state index < -0.39 is 0 Å². The van der Waals surface area contributed by atoms with Crippen molar-refractivity contribution in [3.8, 4) is 0 Å². The van der Waals surface area contributed by atoms with Gasteiger partial charge in [0, 0.05) is 17.9 Å². The van der Waals surface area contributed by atoms with E-state index in [0.29, 0.717) is 5.95 Å². The van der Waals surface area contributed by atoms with Gasteiger partial charge in [0.15, 0.2) is 0 Å². The topological polar surface area (TPSA) is 58.1 Å². The monoisotopic (exact) mass is 266 g/mol. The first-order valence-corrected chi connectivity index (χ1v) is 6.63. The van der Waals surface area contributed by atoms with Gasteiger partial charge in [-0.2, -0.15) is 0 Å². The number of anilines is 1. The number of hydrogen-bond donors (Lipinski definition) is 1. The SMILES string of the molecule is CC(=O)C(CCCNc1nc(C)cc(C)n1)N([13CH3])[13CH3]. The standard InChI is InChI=1S/C14H24N4O/c1-10-9-11(2)17-14(16-10)15-8-6-7-13(12(3)19)18(4)5/h9,13H,6-8H2,1-5H3,(H,15,16,17)/i4+1,5+1. The van der Waals surface area contributed by atoms with Crippen LogP contribution in [-0.2, 0) is 4.79 Å². The van der Waals surface area contributed by atoms with Crippen molar-refractivity contribution in [3.05, 3.63) is 17.5 Å². The molecule has 0 saturated carbocycles. The Morgan fingerprint density at radius 2 is 1.89 bits per heavy atom. The van der Waals surface area contributed by atoms with E-state index in [-0.39, 0.29) is 11.8 Å². The number of aromatic nitrogens is 2. The summed E-state index contributed by atoms with van der Waals surface area (Å²) in [7, 11) is 3.87. The second-order valence-electron chi connectivity index (χ2n) is 5.13. The molecule has 1 heterocycles. The highest BCUT2D eigenvalue weighted by molar-refractivity contribution is 5.81. The Hall–Kier alpha value is -1.49. The van der Waals surface area contributed by atoms with Gasteiger partial charge in [0.1, 0.15) is 5.78 Å². The first-order chi connectivity index (χ1) is 8.90. The van der Waals surface area contributed by atoms with E-state index in [4.69, 9.17) is 0 Å². The fourth-order valence-corrected chi connectivity index (χ4v) is 2.13. The molecule has 0 aliphatic rings. The highest BCUT2D eigenvalue weighted by atomic mass is 16.1. The summed E-state index contributed by atoms with van der Waals surface area (Å²) < 4.78 is 0. The lowest BCUT2D eigenvalue weighted by molar-refractivity contribution is -0.121. The van der Waals surface area contributed by atoms with Gasteiger partial charge in [0.05, 0.1) is 6.04 Å². The Morgan fingerprint density at radius 1 is 1.32 bits per heavy atom. The van der Waals surface area contributed by atoms with Crippen LogP contribution in [0.15, 0.2) is 6.07 Å². The molecule has 5 nitrogen and oxygen atoms in total. The summed E-state index contributed by atoms with van der Waals surface area (Å²) in [5.41, 5.74) is 1.93. The number of nitrogens with zero attached hydrogens (tertiary/aromatic N) is 3. The molecule has 1 N–H and O–H groups in total. The summed E-state index contributed by atoms with van der Waals surface area (Å²) in [6.07, 6.45) is 1.76. The minimum absolute atomic E-state index is 0.00182. The minimum Gasteiger partial charge on any atom is -0.354 e. The third kappa shape index (κ3) is 5.34. The van der Waals surface area contributed by atoms with Crippen LogP contribution in [0.5, 0.6) is 0 Å². The second kappa shape index (κ2) is 7.19. The van der Waals surface area contributed by atoms with Gasteiger partial charge in [0.2, 0.25) is 5.95 Å². The molecule has 1 unspecified atom stereocenters.